The van der Waals surface area contributed by atoms with E-state index in [-0.39, 0.29) is 6.09 Å². The van der Waals surface area contributed by atoms with Crippen molar-refractivity contribution in [2.45, 2.75) is 31.8 Å². The lowest BCUT2D eigenvalue weighted by atomic mass is 9.90. The molecule has 1 unspecified atom stereocenters. The lowest BCUT2D eigenvalue weighted by Gasteiger charge is -2.37. The molecular formula is C17H23NO4. The van der Waals surface area contributed by atoms with Gasteiger partial charge in [0.25, 0.3) is 0 Å². The van der Waals surface area contributed by atoms with Gasteiger partial charge in [-0.3, -0.25) is 0 Å². The van der Waals surface area contributed by atoms with E-state index >= 15 is 0 Å². The van der Waals surface area contributed by atoms with Gasteiger partial charge in [0, 0.05) is 20.0 Å². The molecule has 0 radical (unpaired) electrons. The average Bonchev–Trinajstić information content (AvgIpc) is 3.33. The number of methoxy groups -OCH3 is 1. The minimum absolute atomic E-state index is 0.287. The molecule has 0 N–H and O–H groups in total. The van der Waals surface area contributed by atoms with Gasteiger partial charge in [0.1, 0.15) is 5.60 Å². The Labute approximate surface area is 131 Å². The van der Waals surface area contributed by atoms with Crippen LogP contribution in [0.4, 0.5) is 4.79 Å². The Morgan fingerprint density at radius 1 is 1.36 bits per heavy atom. The van der Waals surface area contributed by atoms with Crippen LogP contribution in [-0.2, 0) is 10.3 Å². The Balaban J connectivity index is 1.83. The third-order valence-electron chi connectivity index (χ3n) is 4.49. The van der Waals surface area contributed by atoms with Crippen molar-refractivity contribution in [3.05, 3.63) is 23.8 Å². The summed E-state index contributed by atoms with van der Waals surface area (Å²) >= 11 is 0. The topological polar surface area (TPSA) is 48.0 Å². The fraction of sp³-hybridized carbons (Fsp3) is 0.588. The second-order valence-corrected chi connectivity index (χ2v) is 6.39. The van der Waals surface area contributed by atoms with Crippen molar-refractivity contribution < 1.29 is 19.0 Å². The molecule has 1 aliphatic heterocycles. The predicted octanol–water partition coefficient (Wildman–Crippen LogP) is 3.17. The quantitative estimate of drug-likeness (QED) is 0.838. The molecule has 1 aromatic carbocycles. The number of hydrogen-bond donors (Lipinski definition) is 0. The van der Waals surface area contributed by atoms with Crippen LogP contribution in [0.25, 0.3) is 0 Å². The highest BCUT2D eigenvalue weighted by Crippen LogP contribution is 2.39. The molecule has 1 saturated carbocycles. The summed E-state index contributed by atoms with van der Waals surface area (Å²) in [4.78, 5) is 13.5. The minimum atomic E-state index is -0.618. The number of nitrogens with zero attached hydrogens (tertiary/aromatic N) is 1. The highest BCUT2D eigenvalue weighted by Gasteiger charge is 2.37. The largest absolute Gasteiger partial charge is 0.493 e. The van der Waals surface area contributed by atoms with Crippen molar-refractivity contribution in [1.82, 2.24) is 4.90 Å². The van der Waals surface area contributed by atoms with Crippen LogP contribution in [0.1, 0.15) is 31.7 Å². The van der Waals surface area contributed by atoms with Crippen LogP contribution in [0.5, 0.6) is 11.5 Å². The van der Waals surface area contributed by atoms with Gasteiger partial charge in [0.05, 0.1) is 13.7 Å². The molecule has 3 rings (SSSR count). The van der Waals surface area contributed by atoms with Gasteiger partial charge in [-0.2, -0.15) is 0 Å². The zero-order chi connectivity index (χ0) is 15.7. The van der Waals surface area contributed by atoms with E-state index in [2.05, 4.69) is 0 Å². The van der Waals surface area contributed by atoms with Gasteiger partial charge in [-0.1, -0.05) is 6.07 Å². The van der Waals surface area contributed by atoms with Gasteiger partial charge in [0.2, 0.25) is 0 Å². The van der Waals surface area contributed by atoms with Crippen molar-refractivity contribution in [2.75, 3.05) is 27.3 Å². The van der Waals surface area contributed by atoms with Gasteiger partial charge in [-0.15, -0.1) is 0 Å². The first-order valence-electron chi connectivity index (χ1n) is 7.77. The van der Waals surface area contributed by atoms with Gasteiger partial charge >= 0.3 is 6.09 Å². The van der Waals surface area contributed by atoms with Crippen LogP contribution in [0.15, 0.2) is 18.2 Å². The number of rotatable bonds is 5. The summed E-state index contributed by atoms with van der Waals surface area (Å²) in [5.41, 5.74) is 0.327. The molecule has 1 aromatic rings. The number of hydrogen-bond acceptors (Lipinski definition) is 4. The molecule has 22 heavy (non-hydrogen) atoms. The summed E-state index contributed by atoms with van der Waals surface area (Å²) in [6, 6.07) is 5.77. The average molecular weight is 305 g/mol. The number of amides is 1. The molecule has 0 bridgehead atoms. The first-order chi connectivity index (χ1) is 10.5. The molecule has 120 valence electrons. The van der Waals surface area contributed by atoms with E-state index in [4.69, 9.17) is 14.2 Å². The molecule has 5 nitrogen and oxygen atoms in total. The van der Waals surface area contributed by atoms with Gasteiger partial charge in [-0.25, -0.2) is 4.79 Å². The van der Waals surface area contributed by atoms with Crippen molar-refractivity contribution in [2.24, 2.45) is 5.92 Å². The van der Waals surface area contributed by atoms with E-state index in [9.17, 15) is 4.79 Å². The molecular weight excluding hydrogens is 282 g/mol. The summed E-state index contributed by atoms with van der Waals surface area (Å²) in [6.45, 7) is 3.35. The monoisotopic (exact) mass is 305 g/mol. The second-order valence-electron chi connectivity index (χ2n) is 6.39. The number of ether oxygens (including phenoxy) is 3. The fourth-order valence-electron chi connectivity index (χ4n) is 2.61. The van der Waals surface area contributed by atoms with E-state index < -0.39 is 5.60 Å². The smallest absolute Gasteiger partial charge is 0.410 e. The summed E-state index contributed by atoms with van der Waals surface area (Å²) in [5.74, 6) is 2.11. The maximum atomic E-state index is 11.9. The first-order valence-corrected chi connectivity index (χ1v) is 7.77. The van der Waals surface area contributed by atoms with E-state index in [1.54, 1.807) is 19.1 Å². The molecule has 2 fully saturated rings. The zero-order valence-corrected chi connectivity index (χ0v) is 13.4. The van der Waals surface area contributed by atoms with Crippen LogP contribution in [0.2, 0.25) is 0 Å². The molecule has 2 aliphatic rings. The Bertz CT molecular complexity index is 570. The molecule has 1 aliphatic carbocycles. The van der Waals surface area contributed by atoms with Gasteiger partial charge in [-0.05, 0) is 43.4 Å². The number of carbonyl (C=O) groups excluding carboxylic acids is 1. The predicted molar refractivity (Wildman–Crippen MR) is 82.3 cm³/mol. The normalized spacial score (nSPS) is 24.9. The summed E-state index contributed by atoms with van der Waals surface area (Å²) < 4.78 is 16.9. The van der Waals surface area contributed by atoms with E-state index in [1.165, 1.54) is 12.8 Å². The Kier molecular flexibility index (Phi) is 3.89. The lowest BCUT2D eigenvalue weighted by Crippen LogP contribution is -2.44. The van der Waals surface area contributed by atoms with Crippen LogP contribution < -0.4 is 9.47 Å². The summed E-state index contributed by atoms with van der Waals surface area (Å²) in [6.07, 6.45) is 2.95. The fourth-order valence-corrected chi connectivity index (χ4v) is 2.61. The minimum Gasteiger partial charge on any atom is -0.493 e. The van der Waals surface area contributed by atoms with E-state index in [1.807, 2.05) is 25.1 Å². The Morgan fingerprint density at radius 3 is 2.77 bits per heavy atom. The molecule has 1 saturated heterocycles. The molecule has 0 spiro atoms. The number of carbonyl (C=O) groups is 1. The zero-order valence-electron chi connectivity index (χ0n) is 13.4. The van der Waals surface area contributed by atoms with Crippen molar-refractivity contribution in [1.29, 1.82) is 0 Å². The van der Waals surface area contributed by atoms with E-state index in [0.717, 1.165) is 24.3 Å². The highest BCUT2D eigenvalue weighted by atomic mass is 16.6. The van der Waals surface area contributed by atoms with Crippen LogP contribution in [0.3, 0.4) is 0 Å². The standard InChI is InChI=1S/C17H23NO4/c1-17(8-9-18(2)16(19)22-17)13-6-7-14(20-3)15(10-13)21-11-12-4-5-12/h6-7,10,12H,4-5,8-9,11H2,1-3H3. The maximum Gasteiger partial charge on any atom is 0.410 e. The molecule has 5 heteroatoms. The van der Waals surface area contributed by atoms with Crippen molar-refractivity contribution in [3.63, 3.8) is 0 Å². The van der Waals surface area contributed by atoms with Gasteiger partial charge in [0.15, 0.2) is 11.5 Å². The maximum absolute atomic E-state index is 11.9. The van der Waals surface area contributed by atoms with Crippen molar-refractivity contribution >= 4 is 6.09 Å². The SMILES string of the molecule is COc1ccc(C2(C)CCN(C)C(=O)O2)cc1OCC1CC1. The third-order valence-corrected chi connectivity index (χ3v) is 4.49. The van der Waals surface area contributed by atoms with Crippen LogP contribution in [0, 0.1) is 5.92 Å². The summed E-state index contributed by atoms with van der Waals surface area (Å²) in [7, 11) is 3.39. The Morgan fingerprint density at radius 2 is 2.14 bits per heavy atom. The van der Waals surface area contributed by atoms with E-state index in [0.29, 0.717) is 18.2 Å². The molecule has 1 atom stereocenters. The Hall–Kier alpha value is -1.91. The molecule has 1 amide bonds. The summed E-state index contributed by atoms with van der Waals surface area (Å²) in [5, 5.41) is 0. The number of cyclic esters (lactones) is 1. The lowest BCUT2D eigenvalue weighted by molar-refractivity contribution is -0.0352. The first kappa shape index (κ1) is 15.0. The van der Waals surface area contributed by atoms with Crippen LogP contribution >= 0.6 is 0 Å². The molecule has 0 aromatic heterocycles. The van der Waals surface area contributed by atoms with Crippen LogP contribution in [-0.4, -0.2) is 38.3 Å². The molecule has 1 heterocycles. The van der Waals surface area contributed by atoms with Crippen molar-refractivity contribution in [3.8, 4) is 11.5 Å². The second kappa shape index (κ2) is 5.71. The number of benzene rings is 1. The van der Waals surface area contributed by atoms with Gasteiger partial charge < -0.3 is 19.1 Å². The third kappa shape index (κ3) is 2.98. The highest BCUT2D eigenvalue weighted by molar-refractivity contribution is 5.69.